The van der Waals surface area contributed by atoms with Crippen molar-refractivity contribution in [3.05, 3.63) is 458 Å². The number of hydrogen-bond acceptors (Lipinski definition) is 14. The Labute approximate surface area is 870 Å². The number of nitrogens with one attached hydrogen (secondary N) is 3. The molecule has 22 rings (SSSR count). The molecule has 0 aliphatic rings. The van der Waals surface area contributed by atoms with Gasteiger partial charge in [0.15, 0.2) is 21.9 Å². The highest BCUT2D eigenvalue weighted by molar-refractivity contribution is 5.86. The highest BCUT2D eigenvalue weighted by Gasteiger charge is 2.04. The fraction of sp³-hybridized carbons (Fsp3) is 0.256. The molecule has 766 valence electrons. The smallest absolute Gasteiger partial charge is 0.192 e. The van der Waals surface area contributed by atoms with E-state index >= 15 is 0 Å². The number of fused-ring (bicyclic) bond motifs is 11. The van der Waals surface area contributed by atoms with Crippen molar-refractivity contribution < 1.29 is 0 Å². The maximum Gasteiger partial charge on any atom is 0.192 e. The highest BCUT2D eigenvalue weighted by atomic mass is 16.1. The summed E-state index contributed by atoms with van der Waals surface area (Å²) in [5.74, 6) is 1.65. The number of benzene rings is 10. The first kappa shape index (κ1) is 128. The molecule has 0 radical (unpaired) electrons. The van der Waals surface area contributed by atoms with Gasteiger partial charge in [0.2, 0.25) is 0 Å². The lowest BCUT2D eigenvalue weighted by Crippen LogP contribution is -2.05. The van der Waals surface area contributed by atoms with E-state index in [-0.39, 0.29) is 16.3 Å². The lowest BCUT2D eigenvalue weighted by atomic mass is 10.1. The molecule has 0 atom stereocenters. The Morgan fingerprint density at radius 1 is 0.212 bits per heavy atom. The molecule has 10 aromatic carbocycles. The van der Waals surface area contributed by atoms with Gasteiger partial charge < -0.3 is 15.0 Å². The molecule has 17 nitrogen and oxygen atoms in total. The van der Waals surface area contributed by atoms with Gasteiger partial charge in [-0.2, -0.15) is 0 Å². The Balaban J connectivity index is 0.000000787. The quantitative estimate of drug-likeness (QED) is 0.128. The first-order valence-electron chi connectivity index (χ1n) is 51.6. The molecule has 0 aliphatic carbocycles. The first-order chi connectivity index (χ1) is 71.2. The van der Waals surface area contributed by atoms with Crippen molar-refractivity contribution in [3.8, 4) is 0 Å². The second kappa shape index (κ2) is 76.8. The van der Waals surface area contributed by atoms with Gasteiger partial charge in [0, 0.05) is 177 Å². The van der Waals surface area contributed by atoms with Crippen molar-refractivity contribution in [3.63, 3.8) is 0 Å². The van der Waals surface area contributed by atoms with E-state index in [4.69, 9.17) is 0 Å². The van der Waals surface area contributed by atoms with E-state index in [1.165, 1.54) is 48.8 Å². The third kappa shape index (κ3) is 44.7. The maximum absolute atomic E-state index is 11.5. The van der Waals surface area contributed by atoms with Crippen LogP contribution >= 0.6 is 0 Å². The maximum atomic E-state index is 11.5. The Bertz CT molecular complexity index is 6530. The van der Waals surface area contributed by atoms with Crippen LogP contribution in [0.4, 0.5) is 0 Å². The van der Waals surface area contributed by atoms with E-state index in [2.05, 4.69) is 156 Å². The molecule has 12 aromatic heterocycles. The summed E-state index contributed by atoms with van der Waals surface area (Å²) in [6, 6.07) is 102. The summed E-state index contributed by atoms with van der Waals surface area (Å²) in [6.45, 7) is 65.4. The lowest BCUT2D eigenvalue weighted by Gasteiger charge is -1.97. The van der Waals surface area contributed by atoms with Crippen LogP contribution in [0.2, 0.25) is 0 Å². The van der Waals surface area contributed by atoms with Crippen molar-refractivity contribution in [2.45, 2.75) is 228 Å². The number of nitrogens with zero attached hydrogens (tertiary/aromatic N) is 11. The number of pyridine rings is 10. The van der Waals surface area contributed by atoms with E-state index in [1.807, 2.05) is 482 Å². The standard InChI is InChI=1S/3C10H9NO.5C10H9N.3C9H8N2.11C2H6/c2*1-7-6-11-9-5-3-2-4-8(9)10(7)12;1-7-6-10(12)8-4-2-3-5-9(8)11-7;2*1-8-6-9-4-2-3-5-10(9)7-11-8;2*1-8-6-9-4-2-3-5-10(9)11-7-8;1-8-6-7-9-4-2-3-5-10(9)11-8;1-7-4-5-8-3-2-6-10-9(8)11-7;2*1-7-10-6-8-4-2-3-5-9(8)11-7;11*1-2/h3*2-6H,1H3,(H,11,12);5*2-7H,1H3;3*2-6H,1H3;11*1-2H3. The van der Waals surface area contributed by atoms with Crippen molar-refractivity contribution >= 4 is 120 Å². The number of H-pyrrole nitrogens is 3. The van der Waals surface area contributed by atoms with Gasteiger partial charge >= 0.3 is 0 Å². The largest absolute Gasteiger partial charge is 0.361 e. The van der Waals surface area contributed by atoms with E-state index in [0.717, 1.165) is 133 Å². The predicted octanol–water partition coefficient (Wildman–Crippen LogP) is 35.3. The molecule has 0 unspecified atom stereocenters. The number of hydrogen-bond donors (Lipinski definition) is 3. The predicted molar refractivity (Wildman–Crippen MR) is 638 cm³/mol. The van der Waals surface area contributed by atoms with Gasteiger partial charge in [-0.15, -0.1) is 0 Å². The van der Waals surface area contributed by atoms with Crippen LogP contribution in [0.25, 0.3) is 120 Å². The molecule has 0 saturated heterocycles. The third-order valence-electron chi connectivity index (χ3n) is 19.4. The van der Waals surface area contributed by atoms with E-state index < -0.39 is 0 Å². The summed E-state index contributed by atoms with van der Waals surface area (Å²) in [5.41, 5.74) is 18.1. The molecule has 12 heterocycles. The molecule has 22 aromatic rings. The molecular weight excluding hydrogens is 1790 g/mol. The van der Waals surface area contributed by atoms with Crippen LogP contribution in [0, 0.1) is 76.2 Å². The highest BCUT2D eigenvalue weighted by Crippen LogP contribution is 2.19. The van der Waals surface area contributed by atoms with Crippen LogP contribution in [0.1, 0.15) is 215 Å². The zero-order valence-electron chi connectivity index (χ0n) is 93.3. The monoisotopic (exact) mass is 1960 g/mol. The van der Waals surface area contributed by atoms with Crippen LogP contribution in [-0.2, 0) is 0 Å². The van der Waals surface area contributed by atoms with Crippen LogP contribution in [0.15, 0.2) is 380 Å². The van der Waals surface area contributed by atoms with E-state index in [1.54, 1.807) is 24.7 Å². The van der Waals surface area contributed by atoms with Gasteiger partial charge in [-0.25, -0.2) is 29.9 Å². The number of aromatic nitrogens is 14. The van der Waals surface area contributed by atoms with Gasteiger partial charge in [-0.1, -0.05) is 334 Å². The van der Waals surface area contributed by atoms with E-state index in [0.29, 0.717) is 0 Å². The molecule has 0 aliphatic heterocycles. The molecule has 0 fully saturated rings. The summed E-state index contributed by atoms with van der Waals surface area (Å²) in [4.78, 5) is 90.1. The van der Waals surface area contributed by atoms with Crippen molar-refractivity contribution in [2.75, 3.05) is 0 Å². The Morgan fingerprint density at radius 3 is 0.932 bits per heavy atom. The minimum atomic E-state index is 0.0850. The van der Waals surface area contributed by atoms with Gasteiger partial charge in [0.05, 0.1) is 27.6 Å². The molecular formula is C129H162N14O3. The third-order valence-corrected chi connectivity index (χ3v) is 19.4. The van der Waals surface area contributed by atoms with Gasteiger partial charge in [0.1, 0.15) is 11.6 Å². The molecule has 146 heavy (non-hydrogen) atoms. The molecule has 17 heteroatoms. The van der Waals surface area contributed by atoms with Crippen LogP contribution in [0.3, 0.4) is 0 Å². The SMILES string of the molecule is CC.CC.CC.CC.CC.CC.CC.CC.CC.CC.CC.Cc1c[nH]c2ccccc2c1=O.Cc1c[nH]c2ccccc2c1=O.Cc1cc(=O)c2ccccc2[nH]1.Cc1cc2ccccc2cn1.Cc1cc2ccccc2cn1.Cc1ccc2ccccc2n1.Cc1ccc2cccnc2n1.Cc1cnc2ccccc2c1.Cc1cnc2ccccc2c1.Cc1ncc2ccccc2n1.Cc1ncc2ccccc2n1. The molecule has 3 N–H and O–H groups in total. The van der Waals surface area contributed by atoms with Gasteiger partial charge in [-0.3, -0.25) is 39.3 Å². The fourth-order valence-corrected chi connectivity index (χ4v) is 13.0. The fourth-order valence-electron chi connectivity index (χ4n) is 13.0. The average Bonchev–Trinajstić information content (AvgIpc) is 0.820. The van der Waals surface area contributed by atoms with Crippen molar-refractivity contribution in [1.29, 1.82) is 0 Å². The average molecular weight is 1960 g/mol. The normalized spacial score (nSPS) is 9.21. The minimum Gasteiger partial charge on any atom is -0.361 e. The second-order valence-corrected chi connectivity index (χ2v) is 29.4. The molecule has 0 saturated carbocycles. The molecule has 0 bridgehead atoms. The first-order valence-corrected chi connectivity index (χ1v) is 51.6. The summed E-state index contributed by atoms with van der Waals surface area (Å²) in [7, 11) is 0. The second-order valence-electron chi connectivity index (χ2n) is 29.4. The summed E-state index contributed by atoms with van der Waals surface area (Å²) in [5, 5.41) is 14.1. The van der Waals surface area contributed by atoms with Gasteiger partial charge in [-0.05, 0) is 219 Å². The minimum absolute atomic E-state index is 0.0850. The Morgan fingerprint density at radius 2 is 0.521 bits per heavy atom. The summed E-state index contributed by atoms with van der Waals surface area (Å²) >= 11 is 0. The lowest BCUT2D eigenvalue weighted by molar-refractivity contribution is 1.09. The van der Waals surface area contributed by atoms with E-state index in [9.17, 15) is 14.4 Å². The molecule has 0 spiro atoms. The Kier molecular flexibility index (Phi) is 67.4. The topological polar surface area (TPSA) is 240 Å². The summed E-state index contributed by atoms with van der Waals surface area (Å²) in [6.07, 6.45) is 16.5. The van der Waals surface area contributed by atoms with Crippen molar-refractivity contribution in [2.24, 2.45) is 0 Å². The Hall–Kier alpha value is -15.9. The van der Waals surface area contributed by atoms with Gasteiger partial charge in [0.25, 0.3) is 0 Å². The summed E-state index contributed by atoms with van der Waals surface area (Å²) < 4.78 is 0. The van der Waals surface area contributed by atoms with Crippen LogP contribution in [-0.4, -0.2) is 69.8 Å². The number of rotatable bonds is 0. The number of aromatic amines is 3. The number of para-hydroxylation sites is 8. The number of aryl methyl sites for hydroxylation is 11. The molecule has 0 amide bonds. The van der Waals surface area contributed by atoms with Crippen molar-refractivity contribution in [1.82, 2.24) is 69.8 Å². The van der Waals surface area contributed by atoms with Crippen LogP contribution in [0.5, 0.6) is 0 Å². The zero-order chi connectivity index (χ0) is 109. The zero-order valence-corrected chi connectivity index (χ0v) is 93.3. The van der Waals surface area contributed by atoms with Crippen LogP contribution < -0.4 is 16.3 Å².